The van der Waals surface area contributed by atoms with E-state index >= 15 is 0 Å². The molecule has 0 fully saturated rings. The number of anilines is 1. The van der Waals surface area contributed by atoms with E-state index in [2.05, 4.69) is 10.3 Å². The number of hydrogen-bond acceptors (Lipinski definition) is 10. The zero-order chi connectivity index (χ0) is 34.8. The number of nitrogens with zero attached hydrogens (tertiary/aromatic N) is 2. The zero-order valence-electron chi connectivity index (χ0n) is 26.8. The number of ketones is 1. The fourth-order valence-corrected chi connectivity index (χ4v) is 5.61. The monoisotopic (exact) mass is 664 g/mol. The summed E-state index contributed by atoms with van der Waals surface area (Å²) in [6, 6.07) is 27.4. The van der Waals surface area contributed by atoms with Crippen LogP contribution in [0.5, 0.6) is 5.88 Å². The fraction of sp³-hybridized carbons (Fsp3) is 0.243. The number of nitrogens with two attached hydrogens (primary N) is 1. The number of pyridine rings is 1. The number of benzene rings is 3. The number of rotatable bonds is 15. The van der Waals surface area contributed by atoms with Gasteiger partial charge in [0, 0.05) is 24.5 Å². The van der Waals surface area contributed by atoms with E-state index in [4.69, 9.17) is 19.9 Å². The largest absolute Gasteiger partial charge is 0.467 e. The van der Waals surface area contributed by atoms with E-state index in [-0.39, 0.29) is 19.1 Å². The molecule has 12 heteroatoms. The Morgan fingerprint density at radius 3 is 1.98 bits per heavy atom. The number of carbonyl (C=O) groups is 5. The quantitative estimate of drug-likeness (QED) is 0.142. The first kappa shape index (κ1) is 34.3. The molecule has 1 aromatic heterocycles. The van der Waals surface area contributed by atoms with Crippen LogP contribution in [0, 0.1) is 0 Å². The average Bonchev–Trinajstić information content (AvgIpc) is 3.40. The lowest BCUT2D eigenvalue weighted by molar-refractivity contribution is -0.155. The molecule has 0 bridgehead atoms. The summed E-state index contributed by atoms with van der Waals surface area (Å²) < 4.78 is 16.6. The molecule has 2 heterocycles. The van der Waals surface area contributed by atoms with Gasteiger partial charge in [-0.05, 0) is 29.7 Å². The zero-order valence-corrected chi connectivity index (χ0v) is 26.8. The molecular weight excluding hydrogens is 628 g/mol. The van der Waals surface area contributed by atoms with Crippen molar-refractivity contribution >= 4 is 35.2 Å². The third-order valence-corrected chi connectivity index (χ3v) is 8.04. The molecule has 12 nitrogen and oxygen atoms in total. The van der Waals surface area contributed by atoms with Gasteiger partial charge in [-0.2, -0.15) is 0 Å². The number of primary amides is 1. The molecule has 0 saturated heterocycles. The van der Waals surface area contributed by atoms with E-state index in [1.54, 1.807) is 61.5 Å². The van der Waals surface area contributed by atoms with Crippen molar-refractivity contribution in [2.45, 2.75) is 51.1 Å². The number of carbonyl (C=O) groups excluding carboxylic acids is 5. The Morgan fingerprint density at radius 1 is 0.816 bits per heavy atom. The summed E-state index contributed by atoms with van der Waals surface area (Å²) in [6.45, 7) is 1.50. The van der Waals surface area contributed by atoms with E-state index in [1.165, 1.54) is 6.20 Å². The van der Waals surface area contributed by atoms with Gasteiger partial charge in [0.2, 0.25) is 11.7 Å². The van der Waals surface area contributed by atoms with Crippen LogP contribution in [0.25, 0.3) is 0 Å². The molecular formula is C37H36N4O8. The molecule has 5 rings (SSSR count). The van der Waals surface area contributed by atoms with Crippen molar-refractivity contribution in [3.8, 4) is 5.88 Å². The smallest absolute Gasteiger partial charge is 0.329 e. The number of aromatic nitrogens is 1. The predicted octanol–water partition coefficient (Wildman–Crippen LogP) is 3.37. The Kier molecular flexibility index (Phi) is 11.3. The Balaban J connectivity index is 1.30. The van der Waals surface area contributed by atoms with Gasteiger partial charge in [0.1, 0.15) is 19.3 Å². The minimum atomic E-state index is -1.39. The van der Waals surface area contributed by atoms with Crippen LogP contribution in [0.15, 0.2) is 103 Å². The summed E-state index contributed by atoms with van der Waals surface area (Å²) >= 11 is 0. The van der Waals surface area contributed by atoms with Crippen molar-refractivity contribution in [1.29, 1.82) is 0 Å². The van der Waals surface area contributed by atoms with Crippen molar-refractivity contribution in [2.75, 3.05) is 11.5 Å². The minimum Gasteiger partial charge on any atom is -0.467 e. The van der Waals surface area contributed by atoms with E-state index in [0.29, 0.717) is 17.8 Å². The molecule has 0 saturated carbocycles. The third-order valence-electron chi connectivity index (χ3n) is 8.04. The number of esters is 2. The van der Waals surface area contributed by atoms with Crippen LogP contribution in [0.3, 0.4) is 0 Å². The third kappa shape index (κ3) is 8.86. The Hall–Kier alpha value is -6.04. The SMILES string of the molecule is CC1C(C(=O)C(N)=O)c2c(ccnc2OCC(=O)NC(CC(=O)OCc2ccccc2)C(=O)OCc2ccccc2)N1Cc1ccccc1. The predicted molar refractivity (Wildman–Crippen MR) is 178 cm³/mol. The molecule has 2 amide bonds. The highest BCUT2D eigenvalue weighted by molar-refractivity contribution is 6.38. The van der Waals surface area contributed by atoms with Crippen molar-refractivity contribution in [3.05, 3.63) is 126 Å². The molecule has 0 spiro atoms. The van der Waals surface area contributed by atoms with E-state index in [1.807, 2.05) is 47.4 Å². The van der Waals surface area contributed by atoms with Gasteiger partial charge in [0.05, 0.1) is 17.9 Å². The standard InChI is InChI=1S/C37H36N4O8/c1-24-32(34(44)35(38)45)33-29(41(24)20-25-11-5-2-6-12-25)17-18-39-36(33)48-23-30(42)40-28(37(46)49-22-27-15-9-4-10-16-27)19-31(43)47-21-26-13-7-3-8-14-26/h2-18,24,28,32H,19-23H2,1H3,(H2,38,45)(H,40,42). The second kappa shape index (κ2) is 16.2. The van der Waals surface area contributed by atoms with Crippen LogP contribution in [0.1, 0.15) is 41.5 Å². The Bertz CT molecular complexity index is 1790. The van der Waals surface area contributed by atoms with Crippen LogP contribution in [0.2, 0.25) is 0 Å². The lowest BCUT2D eigenvalue weighted by atomic mass is 9.91. The normalized spacial score (nSPS) is 15.4. The van der Waals surface area contributed by atoms with Crippen molar-refractivity contribution in [1.82, 2.24) is 10.3 Å². The number of nitrogens with one attached hydrogen (secondary N) is 1. The van der Waals surface area contributed by atoms with Crippen LogP contribution < -0.4 is 20.7 Å². The highest BCUT2D eigenvalue weighted by atomic mass is 16.5. The van der Waals surface area contributed by atoms with Gasteiger partial charge in [-0.25, -0.2) is 9.78 Å². The molecule has 49 heavy (non-hydrogen) atoms. The molecule has 4 aromatic rings. The van der Waals surface area contributed by atoms with Crippen LogP contribution in [0.4, 0.5) is 5.69 Å². The molecule has 1 aliphatic rings. The summed E-state index contributed by atoms with van der Waals surface area (Å²) in [5.41, 5.74) is 8.80. The number of ether oxygens (including phenoxy) is 3. The summed E-state index contributed by atoms with van der Waals surface area (Å²) in [6.07, 6.45) is 0.979. The lowest BCUT2D eigenvalue weighted by Crippen LogP contribution is -2.45. The molecule has 1 aliphatic heterocycles. The molecule has 0 radical (unpaired) electrons. The molecule has 3 aromatic carbocycles. The highest BCUT2D eigenvalue weighted by Gasteiger charge is 2.44. The Labute approximate surface area is 283 Å². The number of fused-ring (bicyclic) bond motifs is 1. The maximum absolute atomic E-state index is 13.2. The maximum atomic E-state index is 13.2. The topological polar surface area (TPSA) is 167 Å². The highest BCUT2D eigenvalue weighted by Crippen LogP contribution is 2.46. The lowest BCUT2D eigenvalue weighted by Gasteiger charge is -2.26. The van der Waals surface area contributed by atoms with Crippen LogP contribution >= 0.6 is 0 Å². The van der Waals surface area contributed by atoms with Crippen molar-refractivity contribution in [2.24, 2.45) is 5.73 Å². The summed E-state index contributed by atoms with van der Waals surface area (Å²) in [5.74, 6) is -5.29. The number of amides is 2. The average molecular weight is 665 g/mol. The first-order valence-corrected chi connectivity index (χ1v) is 15.7. The maximum Gasteiger partial charge on any atom is 0.329 e. The number of hydrogen-bond donors (Lipinski definition) is 2. The van der Waals surface area contributed by atoms with Gasteiger partial charge in [-0.1, -0.05) is 91.0 Å². The summed E-state index contributed by atoms with van der Waals surface area (Å²) in [4.78, 5) is 70.4. The van der Waals surface area contributed by atoms with Gasteiger partial charge in [0.15, 0.2) is 6.61 Å². The van der Waals surface area contributed by atoms with Gasteiger partial charge in [-0.15, -0.1) is 0 Å². The second-order valence-corrected chi connectivity index (χ2v) is 11.5. The van der Waals surface area contributed by atoms with E-state index in [0.717, 1.165) is 16.7 Å². The van der Waals surface area contributed by atoms with Gasteiger partial charge < -0.3 is 30.2 Å². The second-order valence-electron chi connectivity index (χ2n) is 11.5. The Morgan fingerprint density at radius 2 is 1.39 bits per heavy atom. The van der Waals surface area contributed by atoms with Crippen LogP contribution in [-0.4, -0.2) is 53.2 Å². The van der Waals surface area contributed by atoms with E-state index in [9.17, 15) is 24.0 Å². The van der Waals surface area contributed by atoms with Gasteiger partial charge in [0.25, 0.3) is 11.8 Å². The van der Waals surface area contributed by atoms with Gasteiger partial charge in [-0.3, -0.25) is 19.2 Å². The molecule has 3 unspecified atom stereocenters. The van der Waals surface area contributed by atoms with Crippen LogP contribution in [-0.2, 0) is 53.2 Å². The molecule has 3 atom stereocenters. The summed E-state index contributed by atoms with van der Waals surface area (Å²) in [5, 5.41) is 2.50. The fourth-order valence-electron chi connectivity index (χ4n) is 5.61. The molecule has 0 aliphatic carbocycles. The van der Waals surface area contributed by atoms with Crippen molar-refractivity contribution < 1.29 is 38.2 Å². The van der Waals surface area contributed by atoms with Crippen molar-refractivity contribution in [3.63, 3.8) is 0 Å². The molecule has 3 N–H and O–H groups in total. The first-order chi connectivity index (χ1) is 23.7. The van der Waals surface area contributed by atoms with Gasteiger partial charge >= 0.3 is 11.9 Å². The first-order valence-electron chi connectivity index (χ1n) is 15.7. The summed E-state index contributed by atoms with van der Waals surface area (Å²) in [7, 11) is 0. The molecule has 252 valence electrons. The minimum absolute atomic E-state index is 0.0157. The number of Topliss-reactive ketones (excluding diaryl/α,β-unsaturated/α-hetero) is 1. The van der Waals surface area contributed by atoms with E-state index < -0.39 is 60.6 Å².